The fourth-order valence-electron chi connectivity index (χ4n) is 4.68. The quantitative estimate of drug-likeness (QED) is 0.149. The summed E-state index contributed by atoms with van der Waals surface area (Å²) in [5.74, 6) is 0.851. The van der Waals surface area contributed by atoms with Gasteiger partial charge in [-0.2, -0.15) is 0 Å². The zero-order valence-electron chi connectivity index (χ0n) is 26.9. The molecule has 43 heavy (non-hydrogen) atoms. The van der Waals surface area contributed by atoms with Gasteiger partial charge in [-0.15, -0.1) is 0 Å². The van der Waals surface area contributed by atoms with Crippen LogP contribution in [0.25, 0.3) is 0 Å². The minimum absolute atomic E-state index is 0.0311. The van der Waals surface area contributed by atoms with Crippen molar-refractivity contribution in [1.82, 2.24) is 10.6 Å². The molecule has 0 aromatic heterocycles. The van der Waals surface area contributed by atoms with Crippen LogP contribution < -0.4 is 15.4 Å². The molecular weight excluding hydrogens is 556 g/mol. The van der Waals surface area contributed by atoms with Crippen LogP contribution in [-0.4, -0.2) is 43.6 Å². The number of carbonyl (C=O) groups excluding carboxylic acids is 1. The Morgan fingerprint density at radius 3 is 2.40 bits per heavy atom. The van der Waals surface area contributed by atoms with E-state index in [0.717, 1.165) is 34.4 Å². The number of rotatable bonds is 15. The molecule has 3 aromatic carbocycles. The third-order valence-electron chi connectivity index (χ3n) is 8.19. The summed E-state index contributed by atoms with van der Waals surface area (Å²) in [6.45, 7) is 16.6. The van der Waals surface area contributed by atoms with Crippen molar-refractivity contribution < 1.29 is 24.2 Å². The maximum atomic E-state index is 12.7. The predicted molar refractivity (Wildman–Crippen MR) is 176 cm³/mol. The topological polar surface area (TPSA) is 100 Å². The Bertz CT molecular complexity index is 1340. The number of benzene rings is 3. The van der Waals surface area contributed by atoms with Gasteiger partial charge in [0.05, 0.1) is 25.7 Å². The molecule has 3 rings (SSSR count). The first kappa shape index (κ1) is 34.3. The van der Waals surface area contributed by atoms with Crippen LogP contribution in [0, 0.1) is 0 Å². The van der Waals surface area contributed by atoms with Gasteiger partial charge in [-0.25, -0.2) is 0 Å². The Kier molecular flexibility index (Phi) is 12.4. The maximum Gasteiger partial charge on any atom is 0.224 e. The molecule has 7 nitrogen and oxygen atoms in total. The van der Waals surface area contributed by atoms with Crippen LogP contribution in [0.2, 0.25) is 18.1 Å². The van der Waals surface area contributed by atoms with Gasteiger partial charge in [0.2, 0.25) is 5.91 Å². The smallest absolute Gasteiger partial charge is 0.224 e. The lowest BCUT2D eigenvalue weighted by Crippen LogP contribution is -2.44. The van der Waals surface area contributed by atoms with E-state index in [2.05, 4.69) is 63.6 Å². The minimum Gasteiger partial charge on any atom is -0.508 e. The second-order valence-corrected chi connectivity index (χ2v) is 17.5. The lowest BCUT2D eigenvalue weighted by Gasteiger charge is -2.40. The monoisotopic (exact) mass is 606 g/mol. The molecule has 1 amide bonds. The molecule has 4 N–H and O–H groups in total. The summed E-state index contributed by atoms with van der Waals surface area (Å²) in [7, 11) is -2.11. The Balaban J connectivity index is 1.62. The summed E-state index contributed by atoms with van der Waals surface area (Å²) in [6, 6.07) is 21.4. The normalized spacial score (nSPS) is 13.4. The fourth-order valence-corrected chi connectivity index (χ4v) is 5.97. The molecule has 0 saturated heterocycles. The molecule has 0 radical (unpaired) electrons. The molecule has 0 saturated carbocycles. The average molecular weight is 607 g/mol. The van der Waals surface area contributed by atoms with Crippen LogP contribution in [-0.2, 0) is 35.2 Å². The van der Waals surface area contributed by atoms with Crippen LogP contribution in [0.5, 0.6) is 11.5 Å². The molecule has 0 aliphatic heterocycles. The number of hydrogen-bond donors (Lipinski definition) is 4. The number of aliphatic hydroxyl groups excluding tert-OH is 1. The van der Waals surface area contributed by atoms with Gasteiger partial charge in [-0.05, 0) is 73.3 Å². The molecule has 234 valence electrons. The lowest BCUT2D eigenvalue weighted by atomic mass is 10.0. The molecule has 0 heterocycles. The third-order valence-corrected chi connectivity index (χ3v) is 12.7. The fraction of sp³-hybridized carbons (Fsp3) is 0.457. The molecule has 3 aromatic rings. The summed E-state index contributed by atoms with van der Waals surface area (Å²) < 4.78 is 12.5. The van der Waals surface area contributed by atoms with Crippen LogP contribution >= 0.6 is 0 Å². The maximum absolute atomic E-state index is 12.7. The molecule has 0 aliphatic rings. The molecule has 0 bridgehead atoms. The summed E-state index contributed by atoms with van der Waals surface area (Å²) in [5, 5.41) is 26.5. The molecule has 0 spiro atoms. The highest BCUT2D eigenvalue weighted by Gasteiger charge is 2.39. The van der Waals surface area contributed by atoms with Crippen molar-refractivity contribution in [2.45, 2.75) is 90.9 Å². The number of amides is 1. The second kappa shape index (κ2) is 15.5. The highest BCUT2D eigenvalue weighted by molar-refractivity contribution is 6.74. The molecule has 2 atom stereocenters. The minimum atomic E-state index is -2.11. The first-order valence-electron chi connectivity index (χ1n) is 15.2. The highest BCUT2D eigenvalue weighted by Crippen LogP contribution is 2.40. The SMILES string of the molecule is CCOc1ccccc1CNC(=O)Cc1cccc(C[C@@H](C)NC[C@H](O[Si](C)(C)C(C)(C)C)c2ccc(O)c(CO)c2)c1. The number of nitrogens with one attached hydrogen (secondary N) is 2. The van der Waals surface area contributed by atoms with Crippen molar-refractivity contribution in [1.29, 1.82) is 0 Å². The average Bonchev–Trinajstić information content (AvgIpc) is 2.95. The van der Waals surface area contributed by atoms with Crippen molar-refractivity contribution >= 4 is 14.2 Å². The van der Waals surface area contributed by atoms with Gasteiger partial charge < -0.3 is 30.0 Å². The standard InChI is InChI=1S/C35H50N2O5Si/c1-8-41-32-15-10-9-14-29(32)22-37-34(40)20-27-13-11-12-26(19-27)18-25(2)36-23-33(42-43(6,7)35(3,4)5)28-16-17-31(39)30(21-28)24-38/h9-17,19,21,25,33,36,38-39H,8,18,20,22-24H2,1-7H3,(H,37,40)/t25-,33+/m1/s1. The van der Waals surface area contributed by atoms with Gasteiger partial charge >= 0.3 is 0 Å². The van der Waals surface area contributed by atoms with Gasteiger partial charge in [-0.3, -0.25) is 4.79 Å². The Morgan fingerprint density at radius 2 is 1.70 bits per heavy atom. The van der Waals surface area contributed by atoms with Crippen molar-refractivity contribution in [3.05, 3.63) is 94.5 Å². The van der Waals surface area contributed by atoms with Crippen molar-refractivity contribution in [3.63, 3.8) is 0 Å². The van der Waals surface area contributed by atoms with E-state index in [1.807, 2.05) is 55.5 Å². The van der Waals surface area contributed by atoms with Crippen LogP contribution in [0.4, 0.5) is 0 Å². The predicted octanol–water partition coefficient (Wildman–Crippen LogP) is 6.43. The zero-order valence-corrected chi connectivity index (χ0v) is 27.9. The van der Waals surface area contributed by atoms with E-state index in [1.54, 1.807) is 6.07 Å². The number of aliphatic hydroxyl groups is 1. The molecule has 8 heteroatoms. The number of aromatic hydroxyl groups is 1. The van der Waals surface area contributed by atoms with E-state index in [9.17, 15) is 15.0 Å². The van der Waals surface area contributed by atoms with Gasteiger partial charge in [0, 0.05) is 30.3 Å². The van der Waals surface area contributed by atoms with Gasteiger partial charge in [-0.1, -0.05) is 69.3 Å². The highest BCUT2D eigenvalue weighted by atomic mass is 28.4. The first-order chi connectivity index (χ1) is 20.3. The largest absolute Gasteiger partial charge is 0.508 e. The Morgan fingerprint density at radius 1 is 0.977 bits per heavy atom. The Labute approximate surface area is 258 Å². The molecule has 0 fully saturated rings. The molecular formula is C35H50N2O5Si. The summed E-state index contributed by atoms with van der Waals surface area (Å²) >= 11 is 0. The number of para-hydroxylation sites is 1. The summed E-state index contributed by atoms with van der Waals surface area (Å²) in [5.41, 5.74) is 4.51. The Hall–Kier alpha value is -3.17. The van der Waals surface area contributed by atoms with Gasteiger partial charge in [0.1, 0.15) is 11.5 Å². The van der Waals surface area contributed by atoms with E-state index in [-0.39, 0.29) is 35.4 Å². The van der Waals surface area contributed by atoms with E-state index < -0.39 is 8.32 Å². The van der Waals surface area contributed by atoms with Crippen molar-refractivity contribution in [2.24, 2.45) is 0 Å². The van der Waals surface area contributed by atoms with Crippen LogP contribution in [0.1, 0.15) is 68.5 Å². The van der Waals surface area contributed by atoms with Crippen molar-refractivity contribution in [2.75, 3.05) is 13.2 Å². The zero-order chi connectivity index (χ0) is 31.6. The number of hydrogen-bond acceptors (Lipinski definition) is 6. The number of phenols is 1. The number of carbonyl (C=O) groups is 1. The first-order valence-corrected chi connectivity index (χ1v) is 18.1. The third kappa shape index (κ3) is 10.2. The van der Waals surface area contributed by atoms with Crippen molar-refractivity contribution in [3.8, 4) is 11.5 Å². The number of ether oxygens (including phenoxy) is 1. The van der Waals surface area contributed by atoms with Gasteiger partial charge in [0.25, 0.3) is 0 Å². The van der Waals surface area contributed by atoms with Crippen LogP contribution in [0.15, 0.2) is 66.7 Å². The summed E-state index contributed by atoms with van der Waals surface area (Å²) in [4.78, 5) is 12.7. The molecule has 0 aliphatic carbocycles. The van der Waals surface area contributed by atoms with E-state index in [1.165, 1.54) is 0 Å². The second-order valence-electron chi connectivity index (χ2n) is 12.7. The van der Waals surface area contributed by atoms with E-state index in [4.69, 9.17) is 9.16 Å². The van der Waals surface area contributed by atoms with Crippen LogP contribution in [0.3, 0.4) is 0 Å². The van der Waals surface area contributed by atoms with E-state index >= 15 is 0 Å². The van der Waals surface area contributed by atoms with Gasteiger partial charge in [0.15, 0.2) is 8.32 Å². The van der Waals surface area contributed by atoms with E-state index in [0.29, 0.717) is 31.7 Å². The summed E-state index contributed by atoms with van der Waals surface area (Å²) in [6.07, 6.45) is 0.877. The molecule has 0 unspecified atom stereocenters. The lowest BCUT2D eigenvalue weighted by molar-refractivity contribution is -0.120.